The van der Waals surface area contributed by atoms with Crippen LogP contribution in [0.1, 0.15) is 53.4 Å². The van der Waals surface area contributed by atoms with Gasteiger partial charge in [0.15, 0.2) is 0 Å². The second kappa shape index (κ2) is 7.89. The minimum atomic E-state index is -0.550. The van der Waals surface area contributed by atoms with Crippen molar-refractivity contribution in [1.29, 1.82) is 0 Å². The van der Waals surface area contributed by atoms with Crippen molar-refractivity contribution in [3.05, 3.63) is 11.6 Å². The number of aliphatic hydroxyl groups is 1. The van der Waals surface area contributed by atoms with Crippen LogP contribution in [-0.2, 0) is 4.74 Å². The van der Waals surface area contributed by atoms with E-state index in [1.807, 2.05) is 6.92 Å². The minimum absolute atomic E-state index is 0.550. The van der Waals surface area contributed by atoms with Gasteiger partial charge in [-0.2, -0.15) is 0 Å². The Hall–Kier alpha value is -0.340. The lowest BCUT2D eigenvalue weighted by Gasteiger charge is -2.22. The van der Waals surface area contributed by atoms with Crippen molar-refractivity contribution in [3.8, 4) is 0 Å². The molecule has 0 aliphatic heterocycles. The Bertz CT molecular complexity index is 179. The largest absolute Gasteiger partial charge is 0.390 e. The maximum atomic E-state index is 9.87. The summed E-state index contributed by atoms with van der Waals surface area (Å²) in [6, 6.07) is 0. The topological polar surface area (TPSA) is 29.5 Å². The zero-order valence-electron chi connectivity index (χ0n) is 10.7. The van der Waals surface area contributed by atoms with Crippen LogP contribution in [0.5, 0.6) is 0 Å². The van der Waals surface area contributed by atoms with Gasteiger partial charge in [-0.15, -0.1) is 0 Å². The molecule has 0 rings (SSSR count). The standard InChI is InChI=1S/C13H26O2/c1-5-8-13(4,14)9-11-15-10-6-7-12(2)3/h7,14H,5-6,8-11H2,1-4H3. The molecule has 0 aromatic rings. The summed E-state index contributed by atoms with van der Waals surface area (Å²) in [7, 11) is 0. The van der Waals surface area contributed by atoms with Crippen LogP contribution in [0.25, 0.3) is 0 Å². The van der Waals surface area contributed by atoms with Gasteiger partial charge in [0.2, 0.25) is 0 Å². The summed E-state index contributed by atoms with van der Waals surface area (Å²) < 4.78 is 5.46. The number of hydrogen-bond donors (Lipinski definition) is 1. The summed E-state index contributed by atoms with van der Waals surface area (Å²) in [5.41, 5.74) is 0.780. The molecule has 2 nitrogen and oxygen atoms in total. The van der Waals surface area contributed by atoms with E-state index in [9.17, 15) is 5.11 Å². The van der Waals surface area contributed by atoms with E-state index in [1.165, 1.54) is 5.57 Å². The Kier molecular flexibility index (Phi) is 7.71. The Morgan fingerprint density at radius 3 is 2.47 bits per heavy atom. The molecule has 2 heteroatoms. The van der Waals surface area contributed by atoms with Gasteiger partial charge in [-0.25, -0.2) is 0 Å². The van der Waals surface area contributed by atoms with E-state index in [1.54, 1.807) is 0 Å². The van der Waals surface area contributed by atoms with Crippen LogP contribution in [0.3, 0.4) is 0 Å². The molecule has 0 aromatic carbocycles. The number of allylic oxidation sites excluding steroid dienone is 1. The van der Waals surface area contributed by atoms with Crippen LogP contribution in [0, 0.1) is 0 Å². The summed E-state index contributed by atoms with van der Waals surface area (Å²) in [5.74, 6) is 0. The predicted molar refractivity (Wildman–Crippen MR) is 65.0 cm³/mol. The molecule has 0 saturated heterocycles. The van der Waals surface area contributed by atoms with E-state index in [-0.39, 0.29) is 0 Å². The molecule has 0 radical (unpaired) electrons. The monoisotopic (exact) mass is 214 g/mol. The van der Waals surface area contributed by atoms with Gasteiger partial charge in [0, 0.05) is 6.61 Å². The van der Waals surface area contributed by atoms with Crippen molar-refractivity contribution in [1.82, 2.24) is 0 Å². The zero-order chi connectivity index (χ0) is 11.7. The summed E-state index contributed by atoms with van der Waals surface area (Å²) in [4.78, 5) is 0. The van der Waals surface area contributed by atoms with E-state index in [2.05, 4.69) is 26.8 Å². The highest BCUT2D eigenvalue weighted by Gasteiger charge is 2.17. The molecule has 0 spiro atoms. The number of hydrogen-bond acceptors (Lipinski definition) is 2. The van der Waals surface area contributed by atoms with E-state index in [4.69, 9.17) is 4.74 Å². The van der Waals surface area contributed by atoms with E-state index >= 15 is 0 Å². The number of rotatable bonds is 8. The first-order chi connectivity index (χ1) is 6.98. The van der Waals surface area contributed by atoms with Crippen LogP contribution >= 0.6 is 0 Å². The van der Waals surface area contributed by atoms with Crippen LogP contribution in [0.15, 0.2) is 11.6 Å². The van der Waals surface area contributed by atoms with Crippen molar-refractivity contribution < 1.29 is 9.84 Å². The van der Waals surface area contributed by atoms with Crippen molar-refractivity contribution >= 4 is 0 Å². The molecule has 0 saturated carbocycles. The summed E-state index contributed by atoms with van der Waals surface area (Å²) in [6.45, 7) is 9.56. The highest BCUT2D eigenvalue weighted by Crippen LogP contribution is 2.16. The lowest BCUT2D eigenvalue weighted by Crippen LogP contribution is -2.25. The van der Waals surface area contributed by atoms with Gasteiger partial charge in [0.1, 0.15) is 0 Å². The maximum absolute atomic E-state index is 9.87. The fourth-order valence-corrected chi connectivity index (χ4v) is 1.49. The van der Waals surface area contributed by atoms with Crippen molar-refractivity contribution in [3.63, 3.8) is 0 Å². The Morgan fingerprint density at radius 1 is 1.27 bits per heavy atom. The molecule has 0 fully saturated rings. The van der Waals surface area contributed by atoms with Crippen LogP contribution in [0.2, 0.25) is 0 Å². The Morgan fingerprint density at radius 2 is 1.93 bits per heavy atom. The zero-order valence-corrected chi connectivity index (χ0v) is 10.7. The van der Waals surface area contributed by atoms with Gasteiger partial charge in [-0.1, -0.05) is 25.0 Å². The van der Waals surface area contributed by atoms with Gasteiger partial charge in [0.05, 0.1) is 12.2 Å². The predicted octanol–water partition coefficient (Wildman–Crippen LogP) is 3.30. The third-order valence-corrected chi connectivity index (χ3v) is 2.39. The fourth-order valence-electron chi connectivity index (χ4n) is 1.49. The molecule has 0 heterocycles. The first-order valence-electron chi connectivity index (χ1n) is 5.91. The third-order valence-electron chi connectivity index (χ3n) is 2.39. The first kappa shape index (κ1) is 14.7. The highest BCUT2D eigenvalue weighted by atomic mass is 16.5. The van der Waals surface area contributed by atoms with Crippen LogP contribution in [-0.4, -0.2) is 23.9 Å². The fraction of sp³-hybridized carbons (Fsp3) is 0.846. The molecule has 0 bridgehead atoms. The van der Waals surface area contributed by atoms with Crippen molar-refractivity contribution in [2.24, 2.45) is 0 Å². The average Bonchev–Trinajstić information content (AvgIpc) is 2.10. The smallest absolute Gasteiger partial charge is 0.0641 e. The lowest BCUT2D eigenvalue weighted by atomic mass is 9.97. The normalized spacial score (nSPS) is 14.7. The van der Waals surface area contributed by atoms with Gasteiger partial charge >= 0.3 is 0 Å². The highest BCUT2D eigenvalue weighted by molar-refractivity contribution is 4.92. The van der Waals surface area contributed by atoms with Gasteiger partial charge in [-0.05, 0) is 40.0 Å². The second-order valence-corrected chi connectivity index (χ2v) is 4.68. The molecule has 15 heavy (non-hydrogen) atoms. The molecule has 0 aliphatic carbocycles. The first-order valence-corrected chi connectivity index (χ1v) is 5.91. The van der Waals surface area contributed by atoms with Gasteiger partial charge in [-0.3, -0.25) is 0 Å². The van der Waals surface area contributed by atoms with Crippen molar-refractivity contribution in [2.75, 3.05) is 13.2 Å². The van der Waals surface area contributed by atoms with Crippen LogP contribution in [0.4, 0.5) is 0 Å². The molecule has 0 aromatic heterocycles. The molecular formula is C13H26O2. The molecular weight excluding hydrogens is 188 g/mol. The quantitative estimate of drug-likeness (QED) is 0.496. The molecule has 1 atom stereocenters. The van der Waals surface area contributed by atoms with E-state index in [0.29, 0.717) is 6.61 Å². The molecule has 1 unspecified atom stereocenters. The lowest BCUT2D eigenvalue weighted by molar-refractivity contribution is 0.00815. The van der Waals surface area contributed by atoms with Gasteiger partial charge in [0.25, 0.3) is 0 Å². The third kappa shape index (κ3) is 9.95. The molecule has 0 aliphatic rings. The SMILES string of the molecule is CCCC(C)(O)CCOCCC=C(C)C. The van der Waals surface area contributed by atoms with Crippen LogP contribution < -0.4 is 0 Å². The Labute approximate surface area is 94.3 Å². The number of ether oxygens (including phenoxy) is 1. The molecule has 90 valence electrons. The maximum Gasteiger partial charge on any atom is 0.0641 e. The molecule has 1 N–H and O–H groups in total. The van der Waals surface area contributed by atoms with E-state index in [0.717, 1.165) is 32.3 Å². The Balaban J connectivity index is 3.42. The van der Waals surface area contributed by atoms with Crippen molar-refractivity contribution in [2.45, 2.75) is 59.0 Å². The summed E-state index contributed by atoms with van der Waals surface area (Å²) in [5, 5.41) is 9.87. The molecule has 0 amide bonds. The average molecular weight is 214 g/mol. The second-order valence-electron chi connectivity index (χ2n) is 4.68. The van der Waals surface area contributed by atoms with Gasteiger partial charge < -0.3 is 9.84 Å². The summed E-state index contributed by atoms with van der Waals surface area (Å²) in [6.07, 6.45) is 5.74. The summed E-state index contributed by atoms with van der Waals surface area (Å²) >= 11 is 0. The van der Waals surface area contributed by atoms with E-state index < -0.39 is 5.60 Å². The minimum Gasteiger partial charge on any atom is -0.390 e.